The number of ether oxygens (including phenoxy) is 1. The van der Waals surface area contributed by atoms with Gasteiger partial charge < -0.3 is 56.0 Å². The van der Waals surface area contributed by atoms with Crippen LogP contribution in [0.5, 0.6) is 0 Å². The summed E-state index contributed by atoms with van der Waals surface area (Å²) < 4.78 is 62.6. The van der Waals surface area contributed by atoms with Gasteiger partial charge in [-0.2, -0.15) is 4.31 Å². The molecule has 2 amide bonds. The molecule has 0 aromatic carbocycles. The van der Waals surface area contributed by atoms with Crippen molar-refractivity contribution in [3.63, 3.8) is 0 Å². The fourth-order valence-corrected chi connectivity index (χ4v) is 13.1. The van der Waals surface area contributed by atoms with Gasteiger partial charge >= 0.3 is 23.5 Å². The van der Waals surface area contributed by atoms with Gasteiger partial charge in [0, 0.05) is 37.1 Å². The van der Waals surface area contributed by atoms with Crippen molar-refractivity contribution in [3.05, 3.63) is 12.7 Å². The smallest absolute Gasteiger partial charge is 0.393 e. The molecular formula is C53H98N7O18P3S. The summed E-state index contributed by atoms with van der Waals surface area (Å²) in [7, 11) is -16.5. The highest BCUT2D eigenvalue weighted by Crippen LogP contribution is 2.61. The van der Waals surface area contributed by atoms with Crippen LogP contribution >= 0.6 is 35.2 Å². The summed E-state index contributed by atoms with van der Waals surface area (Å²) in [5.74, 6) is -1.21. The molecule has 1 saturated heterocycles. The fraction of sp³-hybridized carbons (Fsp3) is 0.849. The lowest BCUT2D eigenvalue weighted by Gasteiger charge is -2.30. The molecule has 8 atom stereocenters. The Morgan fingerprint density at radius 2 is 1.23 bits per heavy atom. The quantitative estimate of drug-likeness (QED) is 0.0218. The summed E-state index contributed by atoms with van der Waals surface area (Å²) in [6.45, 7) is 2.70. The number of phosphoric ester groups is 3. The summed E-state index contributed by atoms with van der Waals surface area (Å²) in [5.41, 5.74) is 4.27. The summed E-state index contributed by atoms with van der Waals surface area (Å²) in [6, 6.07) is 0. The number of unbranched alkanes of at least 4 members (excludes halogenated alkanes) is 26. The van der Waals surface area contributed by atoms with Crippen LogP contribution in [-0.4, -0.2) is 134 Å². The van der Waals surface area contributed by atoms with Crippen molar-refractivity contribution < 1.29 is 85.6 Å². The number of imidazole rings is 1. The highest BCUT2D eigenvalue weighted by molar-refractivity contribution is 8.13. The molecule has 2 aromatic rings. The molecule has 0 spiro atoms. The number of nitrogens with two attached hydrogens (primary N) is 1. The van der Waals surface area contributed by atoms with E-state index in [1.807, 2.05) is 0 Å². The van der Waals surface area contributed by atoms with Gasteiger partial charge in [0.25, 0.3) is 0 Å². The van der Waals surface area contributed by atoms with Crippen molar-refractivity contribution in [2.75, 3.05) is 37.8 Å². The number of hydrogen-bond donors (Lipinski definition) is 10. The van der Waals surface area contributed by atoms with Gasteiger partial charge in [-0.25, -0.2) is 28.6 Å². The van der Waals surface area contributed by atoms with Crippen molar-refractivity contribution in [1.29, 1.82) is 0 Å². The lowest BCUT2D eigenvalue weighted by molar-refractivity contribution is -0.137. The number of nitrogen functional groups attached to an aromatic ring is 1. The number of aliphatic hydroxyl groups excluding tert-OH is 3. The van der Waals surface area contributed by atoms with Crippen LogP contribution in [-0.2, 0) is 50.7 Å². The lowest BCUT2D eigenvalue weighted by atomic mass is 9.87. The molecule has 0 aliphatic carbocycles. The number of carbonyl (C=O) groups is 3. The van der Waals surface area contributed by atoms with E-state index in [0.29, 0.717) is 6.42 Å². The predicted molar refractivity (Wildman–Crippen MR) is 313 cm³/mol. The highest BCUT2D eigenvalue weighted by Gasteiger charge is 2.50. The second-order valence-electron chi connectivity index (χ2n) is 22.1. The van der Waals surface area contributed by atoms with Crippen molar-refractivity contribution in [1.82, 2.24) is 30.2 Å². The van der Waals surface area contributed by atoms with E-state index >= 15 is 0 Å². The van der Waals surface area contributed by atoms with Crippen LogP contribution in [0.25, 0.3) is 11.2 Å². The number of fused-ring (bicyclic) bond motifs is 1. The summed E-state index contributed by atoms with van der Waals surface area (Å²) in [5, 5.41) is 36.8. The molecule has 1 aliphatic heterocycles. The number of aromatic nitrogens is 4. The van der Waals surface area contributed by atoms with Gasteiger partial charge in [-0.15, -0.1) is 0 Å². The SMILES string of the molecule is CCCCCCCCCCCCCCCCCCCCCCCCCCCCC[C@@H](O)CC(=O)SCCNC(=O)CCNC(=O)[C@H](O)C(C)(C)COP(=O)(O)OP(=O)(O)OC[C@H]1O[C@@H](n2cnc3c(N)ncnc32)[C@H](O)[C@@H]1OP(=O)(O)O. The van der Waals surface area contributed by atoms with Crippen molar-refractivity contribution in [2.24, 2.45) is 5.41 Å². The third-order valence-corrected chi connectivity index (χ3v) is 18.3. The number of nitrogens with zero attached hydrogens (tertiary/aromatic N) is 4. The van der Waals surface area contributed by atoms with E-state index in [9.17, 15) is 63.0 Å². The van der Waals surface area contributed by atoms with Crippen LogP contribution in [0.3, 0.4) is 0 Å². The second-order valence-corrected chi connectivity index (χ2v) is 27.5. The molecule has 1 fully saturated rings. The number of hydrogen-bond acceptors (Lipinski definition) is 19. The number of thioether (sulfide) groups is 1. The molecule has 2 aromatic heterocycles. The second kappa shape index (κ2) is 40.1. The average Bonchev–Trinajstić information content (AvgIpc) is 4.16. The number of carbonyl (C=O) groups excluding carboxylic acids is 3. The number of anilines is 1. The first-order valence-corrected chi connectivity index (χ1v) is 35.2. The zero-order chi connectivity index (χ0) is 60.4. The molecule has 3 rings (SSSR count). The monoisotopic (exact) mass is 1250 g/mol. The normalized spacial score (nSPS) is 19.0. The van der Waals surface area contributed by atoms with Gasteiger partial charge in [0.1, 0.15) is 36.3 Å². The largest absolute Gasteiger partial charge is 0.481 e. The molecule has 2 unspecified atom stereocenters. The third kappa shape index (κ3) is 31.2. The molecule has 29 heteroatoms. The maximum absolute atomic E-state index is 12.8. The Morgan fingerprint density at radius 3 is 1.74 bits per heavy atom. The van der Waals surface area contributed by atoms with Crippen LogP contribution < -0.4 is 16.4 Å². The molecule has 11 N–H and O–H groups in total. The minimum atomic E-state index is -5.59. The van der Waals surface area contributed by atoms with E-state index in [1.54, 1.807) is 0 Å². The van der Waals surface area contributed by atoms with E-state index in [1.165, 1.54) is 168 Å². The van der Waals surface area contributed by atoms with Gasteiger partial charge in [-0.3, -0.25) is 32.5 Å². The van der Waals surface area contributed by atoms with E-state index in [4.69, 9.17) is 19.5 Å². The lowest BCUT2D eigenvalue weighted by Crippen LogP contribution is -2.46. The summed E-state index contributed by atoms with van der Waals surface area (Å²) >= 11 is 1.01. The summed E-state index contributed by atoms with van der Waals surface area (Å²) in [4.78, 5) is 88.8. The minimum absolute atomic E-state index is 0.0278. The van der Waals surface area contributed by atoms with E-state index in [2.05, 4.69) is 41.3 Å². The predicted octanol–water partition coefficient (Wildman–Crippen LogP) is 9.36. The number of aliphatic hydroxyl groups is 3. The van der Waals surface area contributed by atoms with Crippen molar-refractivity contribution >= 4 is 69.1 Å². The molecule has 82 heavy (non-hydrogen) atoms. The average molecular weight is 1250 g/mol. The first-order valence-electron chi connectivity index (χ1n) is 29.7. The third-order valence-electron chi connectivity index (χ3n) is 14.3. The molecular weight excluding hydrogens is 1150 g/mol. The van der Waals surface area contributed by atoms with Crippen molar-refractivity contribution in [2.45, 2.75) is 250 Å². The molecule has 25 nitrogen and oxygen atoms in total. The standard InChI is InChI=1S/C53H98N7O18P3S/c1-4-5-6-7-8-9-10-11-12-13-14-15-16-17-18-19-20-21-22-23-24-25-26-27-28-29-30-31-41(61)36-44(63)82-35-34-55-43(62)32-33-56-51(66)48(65)53(2,3)38-75-81(72,73)78-80(70,71)74-37-42-47(77-79(67,68)69)46(64)52(76-42)60-40-59-45-49(54)57-39-58-50(45)60/h39-42,46-48,52,61,64-65H,4-38H2,1-3H3,(H,55,62)(H,56,66)(H,70,71)(H,72,73)(H2,54,57,58)(H2,67,68,69)/t41-,42-,46-,47-,48+,52-/m1/s1. The van der Waals surface area contributed by atoms with Crippen LogP contribution in [0.4, 0.5) is 5.82 Å². The Hall–Kier alpha value is -2.48. The molecule has 474 valence electrons. The molecule has 3 heterocycles. The Morgan fingerprint density at radius 1 is 0.732 bits per heavy atom. The van der Waals surface area contributed by atoms with Crippen LogP contribution in [0.1, 0.15) is 220 Å². The van der Waals surface area contributed by atoms with Crippen LogP contribution in [0.15, 0.2) is 12.7 Å². The minimum Gasteiger partial charge on any atom is -0.393 e. The maximum atomic E-state index is 12.8. The fourth-order valence-electron chi connectivity index (χ4n) is 9.52. The Balaban J connectivity index is 1.16. The Kier molecular flexibility index (Phi) is 36.0. The molecule has 0 saturated carbocycles. The van der Waals surface area contributed by atoms with Crippen LogP contribution in [0.2, 0.25) is 0 Å². The first-order chi connectivity index (χ1) is 38.9. The number of rotatable bonds is 49. The number of nitrogens with one attached hydrogen (secondary N) is 2. The number of phosphoric acid groups is 3. The number of amides is 2. The van der Waals surface area contributed by atoms with E-state index in [-0.39, 0.29) is 53.8 Å². The topological polar surface area (TPSA) is 384 Å². The van der Waals surface area contributed by atoms with E-state index in [0.717, 1.165) is 48.2 Å². The molecule has 1 aliphatic rings. The van der Waals surface area contributed by atoms with Gasteiger partial charge in [0.15, 0.2) is 22.8 Å². The van der Waals surface area contributed by atoms with Crippen molar-refractivity contribution in [3.8, 4) is 0 Å². The molecule has 0 radical (unpaired) electrons. The van der Waals surface area contributed by atoms with Gasteiger partial charge in [0.2, 0.25) is 11.8 Å². The zero-order valence-corrected chi connectivity index (χ0v) is 52.1. The van der Waals surface area contributed by atoms with Gasteiger partial charge in [-0.05, 0) is 6.42 Å². The highest BCUT2D eigenvalue weighted by atomic mass is 32.2. The van der Waals surface area contributed by atoms with Gasteiger partial charge in [-0.1, -0.05) is 206 Å². The first kappa shape index (κ1) is 73.8. The van der Waals surface area contributed by atoms with Crippen LogP contribution in [0, 0.1) is 5.41 Å². The Bertz CT molecular complexity index is 2280. The molecule has 0 bridgehead atoms. The Labute approximate surface area is 489 Å². The maximum Gasteiger partial charge on any atom is 0.481 e. The van der Waals surface area contributed by atoms with E-state index < -0.39 is 90.7 Å². The zero-order valence-electron chi connectivity index (χ0n) is 48.6. The van der Waals surface area contributed by atoms with Gasteiger partial charge in [0.05, 0.1) is 25.6 Å². The summed E-state index contributed by atoms with van der Waals surface area (Å²) in [6.07, 6.45) is 28.9.